The summed E-state index contributed by atoms with van der Waals surface area (Å²) in [4.78, 5) is 6.51. The van der Waals surface area contributed by atoms with E-state index in [9.17, 15) is 0 Å². The van der Waals surface area contributed by atoms with Crippen molar-refractivity contribution in [3.05, 3.63) is 29.6 Å². The molecule has 2 nitrogen and oxygen atoms in total. The third-order valence-corrected chi connectivity index (χ3v) is 2.32. The molecule has 0 fully saturated rings. The van der Waals surface area contributed by atoms with Crippen LogP contribution < -0.4 is 0 Å². The molecular weight excluding hydrogens is 184 g/mol. The normalized spacial score (nSPS) is 9.87. The van der Waals surface area contributed by atoms with Crippen molar-refractivity contribution in [1.82, 2.24) is 9.88 Å². The standard InChI is InChI=1S/C13H18N2/c1-4-15(5-2)10-6-7-13-9-8-12(3)11-14-13/h8-9,11H,4-5,10H2,1-3H3. The van der Waals surface area contributed by atoms with Crippen LogP contribution in [0.25, 0.3) is 0 Å². The molecule has 0 radical (unpaired) electrons. The minimum absolute atomic E-state index is 0.822. The van der Waals surface area contributed by atoms with Gasteiger partial charge < -0.3 is 0 Å². The van der Waals surface area contributed by atoms with Crippen LogP contribution >= 0.6 is 0 Å². The molecule has 0 bridgehead atoms. The molecule has 0 spiro atoms. The molecule has 0 atom stereocenters. The molecule has 80 valence electrons. The Labute approximate surface area is 92.3 Å². The first-order valence-corrected chi connectivity index (χ1v) is 5.40. The zero-order valence-electron chi connectivity index (χ0n) is 9.75. The Balaban J connectivity index is 2.54. The maximum atomic E-state index is 4.23. The minimum atomic E-state index is 0.822. The van der Waals surface area contributed by atoms with Crippen LogP contribution in [0.3, 0.4) is 0 Å². The molecule has 0 amide bonds. The van der Waals surface area contributed by atoms with Gasteiger partial charge in [-0.05, 0) is 37.6 Å². The maximum Gasteiger partial charge on any atom is 0.113 e. The number of aromatic nitrogens is 1. The van der Waals surface area contributed by atoms with Crippen molar-refractivity contribution in [2.24, 2.45) is 0 Å². The predicted octanol–water partition coefficient (Wildman–Crippen LogP) is 2.08. The fourth-order valence-corrected chi connectivity index (χ4v) is 1.23. The first kappa shape index (κ1) is 11.7. The van der Waals surface area contributed by atoms with Crippen molar-refractivity contribution < 1.29 is 0 Å². The highest BCUT2D eigenvalue weighted by atomic mass is 15.1. The summed E-state index contributed by atoms with van der Waals surface area (Å²) in [5.41, 5.74) is 2.03. The van der Waals surface area contributed by atoms with E-state index in [1.54, 1.807) is 0 Å². The van der Waals surface area contributed by atoms with Crippen LogP contribution in [0.15, 0.2) is 18.3 Å². The third-order valence-electron chi connectivity index (χ3n) is 2.32. The fraction of sp³-hybridized carbons (Fsp3) is 0.462. The monoisotopic (exact) mass is 202 g/mol. The second-order valence-electron chi connectivity index (χ2n) is 3.48. The van der Waals surface area contributed by atoms with Gasteiger partial charge in [0.25, 0.3) is 0 Å². The van der Waals surface area contributed by atoms with Gasteiger partial charge in [0.1, 0.15) is 5.69 Å². The highest BCUT2D eigenvalue weighted by Crippen LogP contribution is 1.96. The van der Waals surface area contributed by atoms with E-state index in [1.165, 1.54) is 5.56 Å². The average molecular weight is 202 g/mol. The zero-order chi connectivity index (χ0) is 11.1. The van der Waals surface area contributed by atoms with Crippen LogP contribution in [0.4, 0.5) is 0 Å². The quantitative estimate of drug-likeness (QED) is 0.698. The first-order valence-electron chi connectivity index (χ1n) is 5.40. The first-order chi connectivity index (χ1) is 7.26. The number of rotatable bonds is 3. The van der Waals surface area contributed by atoms with Crippen LogP contribution in [-0.2, 0) is 0 Å². The van der Waals surface area contributed by atoms with Crippen molar-refractivity contribution in [3.8, 4) is 11.8 Å². The van der Waals surface area contributed by atoms with E-state index >= 15 is 0 Å². The van der Waals surface area contributed by atoms with Crippen LogP contribution in [0.5, 0.6) is 0 Å². The molecule has 1 aromatic rings. The van der Waals surface area contributed by atoms with Gasteiger partial charge in [-0.2, -0.15) is 0 Å². The van der Waals surface area contributed by atoms with E-state index in [0.29, 0.717) is 0 Å². The van der Waals surface area contributed by atoms with Crippen molar-refractivity contribution in [2.45, 2.75) is 20.8 Å². The summed E-state index contributed by atoms with van der Waals surface area (Å²) >= 11 is 0. The van der Waals surface area contributed by atoms with E-state index in [2.05, 4.69) is 35.6 Å². The van der Waals surface area contributed by atoms with Gasteiger partial charge >= 0.3 is 0 Å². The number of nitrogens with zero attached hydrogens (tertiary/aromatic N) is 2. The Morgan fingerprint density at radius 1 is 1.27 bits per heavy atom. The van der Waals surface area contributed by atoms with Crippen LogP contribution in [-0.4, -0.2) is 29.5 Å². The Morgan fingerprint density at radius 2 is 2.00 bits per heavy atom. The lowest BCUT2D eigenvalue weighted by molar-refractivity contribution is 0.342. The molecule has 0 aliphatic rings. The summed E-state index contributed by atoms with van der Waals surface area (Å²) in [5.74, 6) is 6.20. The third kappa shape index (κ3) is 4.14. The minimum Gasteiger partial charge on any atom is -0.293 e. The van der Waals surface area contributed by atoms with Gasteiger partial charge in [-0.1, -0.05) is 25.8 Å². The number of hydrogen-bond acceptors (Lipinski definition) is 2. The lowest BCUT2D eigenvalue weighted by Gasteiger charge is -2.13. The van der Waals surface area contributed by atoms with E-state index in [0.717, 1.165) is 25.3 Å². The van der Waals surface area contributed by atoms with Crippen molar-refractivity contribution in [2.75, 3.05) is 19.6 Å². The van der Waals surface area contributed by atoms with Crippen molar-refractivity contribution in [3.63, 3.8) is 0 Å². The fourth-order valence-electron chi connectivity index (χ4n) is 1.23. The molecule has 0 aromatic carbocycles. The van der Waals surface area contributed by atoms with Gasteiger partial charge in [-0.25, -0.2) is 4.98 Å². The summed E-state index contributed by atoms with van der Waals surface area (Å²) in [6.07, 6.45) is 1.85. The van der Waals surface area contributed by atoms with Crippen LogP contribution in [0.1, 0.15) is 25.1 Å². The molecule has 1 heterocycles. The smallest absolute Gasteiger partial charge is 0.113 e. The zero-order valence-corrected chi connectivity index (χ0v) is 9.75. The second kappa shape index (κ2) is 6.21. The van der Waals surface area contributed by atoms with Gasteiger partial charge in [-0.15, -0.1) is 0 Å². The summed E-state index contributed by atoms with van der Waals surface area (Å²) in [5, 5.41) is 0. The number of hydrogen-bond donors (Lipinski definition) is 0. The molecule has 0 saturated carbocycles. The molecule has 0 N–H and O–H groups in total. The number of aryl methyl sites for hydroxylation is 1. The number of pyridine rings is 1. The van der Waals surface area contributed by atoms with Gasteiger partial charge in [0.2, 0.25) is 0 Å². The molecule has 0 aliphatic carbocycles. The topological polar surface area (TPSA) is 16.1 Å². The molecular formula is C13H18N2. The Hall–Kier alpha value is -1.33. The average Bonchev–Trinajstić information content (AvgIpc) is 2.27. The Kier molecular flexibility index (Phi) is 4.86. The predicted molar refractivity (Wildman–Crippen MR) is 63.6 cm³/mol. The van der Waals surface area contributed by atoms with Gasteiger partial charge in [-0.3, -0.25) is 4.90 Å². The molecule has 0 aliphatic heterocycles. The Morgan fingerprint density at radius 3 is 2.53 bits per heavy atom. The van der Waals surface area contributed by atoms with Gasteiger partial charge in [0.15, 0.2) is 0 Å². The van der Waals surface area contributed by atoms with Crippen LogP contribution in [0.2, 0.25) is 0 Å². The molecule has 1 rings (SSSR count). The molecule has 1 aromatic heterocycles. The molecule has 15 heavy (non-hydrogen) atoms. The van der Waals surface area contributed by atoms with E-state index in [-0.39, 0.29) is 0 Å². The Bertz CT molecular complexity index is 339. The van der Waals surface area contributed by atoms with Crippen molar-refractivity contribution >= 4 is 0 Å². The van der Waals surface area contributed by atoms with Crippen LogP contribution in [0, 0.1) is 18.8 Å². The van der Waals surface area contributed by atoms with Gasteiger partial charge in [0.05, 0.1) is 6.54 Å². The van der Waals surface area contributed by atoms with E-state index in [1.807, 2.05) is 25.3 Å². The van der Waals surface area contributed by atoms with E-state index < -0.39 is 0 Å². The SMILES string of the molecule is CCN(CC)CC#Cc1ccc(C)cn1. The molecule has 2 heteroatoms. The maximum absolute atomic E-state index is 4.23. The highest BCUT2D eigenvalue weighted by Gasteiger charge is 1.93. The summed E-state index contributed by atoms with van der Waals surface area (Å²) in [7, 11) is 0. The second-order valence-corrected chi connectivity index (χ2v) is 3.48. The molecule has 0 unspecified atom stereocenters. The summed E-state index contributed by atoms with van der Waals surface area (Å²) < 4.78 is 0. The lowest BCUT2D eigenvalue weighted by Crippen LogP contribution is -2.22. The largest absolute Gasteiger partial charge is 0.293 e. The lowest BCUT2D eigenvalue weighted by atomic mass is 10.3. The molecule has 0 saturated heterocycles. The van der Waals surface area contributed by atoms with E-state index in [4.69, 9.17) is 0 Å². The van der Waals surface area contributed by atoms with Gasteiger partial charge in [0, 0.05) is 6.20 Å². The summed E-state index contributed by atoms with van der Waals surface area (Å²) in [6.45, 7) is 9.24. The van der Waals surface area contributed by atoms with Crippen molar-refractivity contribution in [1.29, 1.82) is 0 Å². The highest BCUT2D eigenvalue weighted by molar-refractivity contribution is 5.28. The summed E-state index contributed by atoms with van der Waals surface area (Å²) in [6, 6.07) is 4.00.